The zero-order chi connectivity index (χ0) is 12.3. The Bertz CT molecular complexity index is 417. The standard InChI is InChI=1S/C10H15N3O3/c1-6(14)10(2,3)13-9(16)7-4-12-8(15)5-11-7/h4-6,14H,1-3H3,(H,12,15)(H,13,16). The summed E-state index contributed by atoms with van der Waals surface area (Å²) in [5.74, 6) is -0.442. The molecule has 0 saturated heterocycles. The van der Waals surface area contributed by atoms with Gasteiger partial charge in [-0.3, -0.25) is 9.59 Å². The van der Waals surface area contributed by atoms with Crippen molar-refractivity contribution in [3.8, 4) is 0 Å². The van der Waals surface area contributed by atoms with Crippen LogP contribution in [0.3, 0.4) is 0 Å². The van der Waals surface area contributed by atoms with E-state index in [2.05, 4.69) is 15.3 Å². The van der Waals surface area contributed by atoms with Crippen LogP contribution in [0.1, 0.15) is 31.3 Å². The first-order chi connectivity index (χ1) is 7.33. The Morgan fingerprint density at radius 3 is 2.69 bits per heavy atom. The summed E-state index contributed by atoms with van der Waals surface area (Å²) >= 11 is 0. The predicted octanol–water partition coefficient (Wildman–Crippen LogP) is -0.341. The number of aliphatic hydroxyl groups excluding tert-OH is 1. The van der Waals surface area contributed by atoms with Crippen molar-refractivity contribution in [2.24, 2.45) is 0 Å². The van der Waals surface area contributed by atoms with E-state index in [9.17, 15) is 14.7 Å². The number of nitrogens with zero attached hydrogens (tertiary/aromatic N) is 1. The molecule has 0 radical (unpaired) electrons. The average molecular weight is 225 g/mol. The first kappa shape index (κ1) is 12.4. The van der Waals surface area contributed by atoms with E-state index < -0.39 is 17.6 Å². The van der Waals surface area contributed by atoms with Crippen molar-refractivity contribution < 1.29 is 9.90 Å². The van der Waals surface area contributed by atoms with E-state index in [0.29, 0.717) is 0 Å². The molecule has 0 aliphatic heterocycles. The summed E-state index contributed by atoms with van der Waals surface area (Å²) < 4.78 is 0. The lowest BCUT2D eigenvalue weighted by molar-refractivity contribution is 0.0705. The highest BCUT2D eigenvalue weighted by atomic mass is 16.3. The van der Waals surface area contributed by atoms with Gasteiger partial charge in [0.05, 0.1) is 17.8 Å². The summed E-state index contributed by atoms with van der Waals surface area (Å²) in [5, 5.41) is 12.0. The fraction of sp³-hybridized carbons (Fsp3) is 0.500. The normalized spacial score (nSPS) is 13.2. The van der Waals surface area contributed by atoms with Gasteiger partial charge in [0.25, 0.3) is 11.5 Å². The van der Waals surface area contributed by atoms with Crippen LogP contribution in [0.2, 0.25) is 0 Å². The molecule has 88 valence electrons. The van der Waals surface area contributed by atoms with Gasteiger partial charge in [0.2, 0.25) is 0 Å². The fourth-order valence-corrected chi connectivity index (χ4v) is 0.927. The van der Waals surface area contributed by atoms with Crippen LogP contribution in [0.5, 0.6) is 0 Å². The van der Waals surface area contributed by atoms with Crippen molar-refractivity contribution in [2.45, 2.75) is 32.4 Å². The summed E-state index contributed by atoms with van der Waals surface area (Å²) in [6.07, 6.45) is 1.57. The molecule has 1 rings (SSSR count). The van der Waals surface area contributed by atoms with Crippen LogP contribution in [0, 0.1) is 0 Å². The third kappa shape index (κ3) is 2.90. The molecule has 3 N–H and O–H groups in total. The van der Waals surface area contributed by atoms with E-state index in [1.165, 1.54) is 6.20 Å². The van der Waals surface area contributed by atoms with Crippen LogP contribution in [-0.4, -0.2) is 32.6 Å². The number of carbonyl (C=O) groups is 1. The Morgan fingerprint density at radius 1 is 1.62 bits per heavy atom. The highest BCUT2D eigenvalue weighted by Crippen LogP contribution is 2.08. The molecule has 0 spiro atoms. The molecule has 6 nitrogen and oxygen atoms in total. The number of aliphatic hydroxyl groups is 1. The van der Waals surface area contributed by atoms with Gasteiger partial charge in [0.15, 0.2) is 0 Å². The first-order valence-corrected chi connectivity index (χ1v) is 4.88. The quantitative estimate of drug-likeness (QED) is 0.655. The molecule has 1 aromatic heterocycles. The molecule has 0 saturated carbocycles. The highest BCUT2D eigenvalue weighted by molar-refractivity contribution is 5.92. The Kier molecular flexibility index (Phi) is 3.44. The SMILES string of the molecule is CC(O)C(C)(C)NC(=O)c1c[nH]c(=O)cn1. The summed E-state index contributed by atoms with van der Waals surface area (Å²) in [7, 11) is 0. The second-order valence-corrected chi connectivity index (χ2v) is 4.15. The number of H-pyrrole nitrogens is 1. The average Bonchev–Trinajstić information content (AvgIpc) is 2.17. The maximum atomic E-state index is 11.7. The molecule has 1 amide bonds. The van der Waals surface area contributed by atoms with E-state index in [0.717, 1.165) is 6.20 Å². The van der Waals surface area contributed by atoms with E-state index in [1.807, 2.05) is 0 Å². The lowest BCUT2D eigenvalue weighted by Gasteiger charge is -2.28. The Hall–Kier alpha value is -1.69. The second kappa shape index (κ2) is 4.44. The number of hydrogen-bond donors (Lipinski definition) is 3. The molecule has 1 heterocycles. The molecular formula is C10H15N3O3. The second-order valence-electron chi connectivity index (χ2n) is 4.15. The highest BCUT2D eigenvalue weighted by Gasteiger charge is 2.26. The minimum Gasteiger partial charge on any atom is -0.391 e. The molecule has 16 heavy (non-hydrogen) atoms. The zero-order valence-electron chi connectivity index (χ0n) is 9.44. The van der Waals surface area contributed by atoms with E-state index in [-0.39, 0.29) is 11.3 Å². The number of aromatic amines is 1. The summed E-state index contributed by atoms with van der Waals surface area (Å²) in [6.45, 7) is 4.98. The third-order valence-corrected chi connectivity index (χ3v) is 2.38. The third-order valence-electron chi connectivity index (χ3n) is 2.38. The van der Waals surface area contributed by atoms with Gasteiger partial charge in [0.1, 0.15) is 5.69 Å². The lowest BCUT2D eigenvalue weighted by atomic mass is 9.99. The van der Waals surface area contributed by atoms with Gasteiger partial charge < -0.3 is 15.4 Å². The van der Waals surface area contributed by atoms with E-state index >= 15 is 0 Å². The number of hydrogen-bond acceptors (Lipinski definition) is 4. The van der Waals surface area contributed by atoms with Crippen LogP contribution < -0.4 is 10.9 Å². The topological polar surface area (TPSA) is 95.1 Å². The summed E-state index contributed by atoms with van der Waals surface area (Å²) in [5.41, 5.74) is -1.02. The molecule has 6 heteroatoms. The van der Waals surface area contributed by atoms with Gasteiger partial charge in [-0.1, -0.05) is 0 Å². The van der Waals surface area contributed by atoms with E-state index in [1.54, 1.807) is 20.8 Å². The molecule has 1 atom stereocenters. The summed E-state index contributed by atoms with van der Waals surface area (Å²) in [4.78, 5) is 28.5. The van der Waals surface area contributed by atoms with Crippen LogP contribution in [0.15, 0.2) is 17.2 Å². The molecule has 0 aromatic carbocycles. The van der Waals surface area contributed by atoms with Crippen molar-refractivity contribution in [1.29, 1.82) is 0 Å². The van der Waals surface area contributed by atoms with Gasteiger partial charge in [-0.15, -0.1) is 0 Å². The number of rotatable bonds is 3. The molecule has 0 aliphatic rings. The number of carbonyl (C=O) groups excluding carboxylic acids is 1. The van der Waals surface area contributed by atoms with Gasteiger partial charge >= 0.3 is 0 Å². The molecule has 1 unspecified atom stereocenters. The Balaban J connectivity index is 2.80. The Morgan fingerprint density at radius 2 is 2.25 bits per heavy atom. The van der Waals surface area contributed by atoms with Gasteiger partial charge in [-0.05, 0) is 20.8 Å². The molecule has 0 aliphatic carbocycles. The molecule has 0 fully saturated rings. The molecular weight excluding hydrogens is 210 g/mol. The van der Waals surface area contributed by atoms with Crippen LogP contribution >= 0.6 is 0 Å². The van der Waals surface area contributed by atoms with Crippen molar-refractivity contribution in [3.05, 3.63) is 28.4 Å². The molecule has 1 aromatic rings. The fourth-order valence-electron chi connectivity index (χ4n) is 0.927. The maximum Gasteiger partial charge on any atom is 0.271 e. The molecule has 0 bridgehead atoms. The number of aromatic nitrogens is 2. The zero-order valence-corrected chi connectivity index (χ0v) is 9.44. The maximum absolute atomic E-state index is 11.7. The van der Waals surface area contributed by atoms with Crippen LogP contribution in [0.4, 0.5) is 0 Å². The predicted molar refractivity (Wildman–Crippen MR) is 58.1 cm³/mol. The number of amides is 1. The van der Waals surface area contributed by atoms with Crippen LogP contribution in [0.25, 0.3) is 0 Å². The van der Waals surface area contributed by atoms with E-state index in [4.69, 9.17) is 0 Å². The Labute approximate surface area is 92.7 Å². The van der Waals surface area contributed by atoms with Crippen molar-refractivity contribution in [3.63, 3.8) is 0 Å². The van der Waals surface area contributed by atoms with Gasteiger partial charge in [-0.25, -0.2) is 4.98 Å². The first-order valence-electron chi connectivity index (χ1n) is 4.88. The number of nitrogens with one attached hydrogen (secondary N) is 2. The largest absolute Gasteiger partial charge is 0.391 e. The summed E-state index contributed by atoms with van der Waals surface area (Å²) in [6, 6.07) is 0. The minimum absolute atomic E-state index is 0.105. The monoisotopic (exact) mass is 225 g/mol. The minimum atomic E-state index is -0.755. The van der Waals surface area contributed by atoms with Crippen molar-refractivity contribution in [1.82, 2.24) is 15.3 Å². The van der Waals surface area contributed by atoms with Crippen LogP contribution in [-0.2, 0) is 0 Å². The van der Waals surface area contributed by atoms with Crippen molar-refractivity contribution >= 4 is 5.91 Å². The van der Waals surface area contributed by atoms with Gasteiger partial charge in [0, 0.05) is 6.20 Å². The lowest BCUT2D eigenvalue weighted by Crippen LogP contribution is -2.51. The van der Waals surface area contributed by atoms with Crippen molar-refractivity contribution in [2.75, 3.05) is 0 Å². The van der Waals surface area contributed by atoms with Gasteiger partial charge in [-0.2, -0.15) is 0 Å². The smallest absolute Gasteiger partial charge is 0.271 e.